The van der Waals surface area contributed by atoms with Gasteiger partial charge < -0.3 is 10.1 Å². The molecule has 0 aromatic heterocycles. The molecule has 2 rings (SSSR count). The summed E-state index contributed by atoms with van der Waals surface area (Å²) in [5.74, 6) is -0.870. The van der Waals surface area contributed by atoms with E-state index in [1.54, 1.807) is 18.2 Å². The monoisotopic (exact) mass is 369 g/mol. The second-order valence-electron chi connectivity index (χ2n) is 5.56. The normalized spacial score (nSPS) is 11.2. The van der Waals surface area contributed by atoms with E-state index in [9.17, 15) is 18.0 Å². The van der Waals surface area contributed by atoms with E-state index in [2.05, 4.69) is 5.32 Å². The Morgan fingerprint density at radius 2 is 1.76 bits per heavy atom. The molecule has 0 saturated heterocycles. The van der Waals surface area contributed by atoms with Crippen LogP contribution in [0.15, 0.2) is 47.4 Å². The Morgan fingerprint density at radius 3 is 2.40 bits per heavy atom. The van der Waals surface area contributed by atoms with E-state index in [1.165, 1.54) is 6.07 Å². The molecule has 0 atom stereocenters. The highest BCUT2D eigenvalue weighted by atomic mass is 32.2. The number of carbonyl (C=O) groups is 1. The topological polar surface area (TPSA) is 38.3 Å². The number of aryl methyl sites for hydroxylation is 2. The van der Waals surface area contributed by atoms with Crippen LogP contribution in [0.25, 0.3) is 0 Å². The highest BCUT2D eigenvalue weighted by Gasteiger charge is 2.27. The van der Waals surface area contributed by atoms with Crippen LogP contribution in [0.3, 0.4) is 0 Å². The summed E-state index contributed by atoms with van der Waals surface area (Å²) in [4.78, 5) is 12.4. The quantitative estimate of drug-likeness (QED) is 0.730. The van der Waals surface area contributed by atoms with Gasteiger partial charge in [-0.25, -0.2) is 0 Å². The van der Waals surface area contributed by atoms with Crippen molar-refractivity contribution in [2.75, 3.05) is 17.7 Å². The molecule has 0 aliphatic rings. The largest absolute Gasteiger partial charge is 0.484 e. The van der Waals surface area contributed by atoms with Crippen molar-refractivity contribution in [2.45, 2.75) is 24.9 Å². The maximum atomic E-state index is 12.4. The van der Waals surface area contributed by atoms with E-state index in [0.717, 1.165) is 11.1 Å². The predicted molar refractivity (Wildman–Crippen MR) is 93.3 cm³/mol. The number of ether oxygens (including phenoxy) is 1. The molecule has 0 radical (unpaired) electrons. The molecule has 25 heavy (non-hydrogen) atoms. The number of benzene rings is 2. The molecule has 1 amide bonds. The smallest absolute Gasteiger partial charge is 0.398 e. The summed E-state index contributed by atoms with van der Waals surface area (Å²) in [7, 11) is 0. The van der Waals surface area contributed by atoms with Gasteiger partial charge in [0.2, 0.25) is 0 Å². The zero-order valence-electron chi connectivity index (χ0n) is 13.8. The Morgan fingerprint density at radius 1 is 1.12 bits per heavy atom. The van der Waals surface area contributed by atoms with Gasteiger partial charge >= 0.3 is 6.18 Å². The van der Waals surface area contributed by atoms with Gasteiger partial charge in [0.15, 0.2) is 6.61 Å². The minimum absolute atomic E-state index is 0.221. The standard InChI is InChI=1S/C18H18F3NO2S/c1-12-7-13(2)9-14(8-12)24-10-17(23)22-15-5-3-4-6-16(15)25-11-18(19,20)21/h3-9H,10-11H2,1-2H3,(H,22,23). The van der Waals surface area contributed by atoms with Crippen LogP contribution in [0, 0.1) is 13.8 Å². The Hall–Kier alpha value is -2.15. The fourth-order valence-corrected chi connectivity index (χ4v) is 2.98. The third kappa shape index (κ3) is 6.70. The molecule has 0 bridgehead atoms. The fourth-order valence-electron chi connectivity index (χ4n) is 2.21. The van der Waals surface area contributed by atoms with Gasteiger partial charge in [-0.3, -0.25) is 4.79 Å². The molecule has 2 aromatic rings. The van der Waals surface area contributed by atoms with Gasteiger partial charge in [-0.1, -0.05) is 18.2 Å². The van der Waals surface area contributed by atoms with Gasteiger partial charge in [0.05, 0.1) is 11.4 Å². The fraction of sp³-hybridized carbons (Fsp3) is 0.278. The van der Waals surface area contributed by atoms with Crippen molar-refractivity contribution in [3.05, 3.63) is 53.6 Å². The van der Waals surface area contributed by atoms with Crippen LogP contribution < -0.4 is 10.1 Å². The van der Waals surface area contributed by atoms with Crippen LogP contribution in [0.5, 0.6) is 5.75 Å². The lowest BCUT2D eigenvalue weighted by Gasteiger charge is -2.12. The summed E-state index contributed by atoms with van der Waals surface area (Å²) in [5.41, 5.74) is 2.37. The second kappa shape index (κ2) is 8.29. The average Bonchev–Trinajstić information content (AvgIpc) is 2.50. The Balaban J connectivity index is 1.96. The van der Waals surface area contributed by atoms with Gasteiger partial charge in [0.1, 0.15) is 5.75 Å². The molecule has 2 aromatic carbocycles. The van der Waals surface area contributed by atoms with Crippen LogP contribution in [0.4, 0.5) is 18.9 Å². The molecule has 1 N–H and O–H groups in total. The summed E-state index contributed by atoms with van der Waals surface area (Å²) in [6.07, 6.45) is -4.27. The van der Waals surface area contributed by atoms with E-state index in [4.69, 9.17) is 4.74 Å². The number of hydrogen-bond acceptors (Lipinski definition) is 3. The van der Waals surface area contributed by atoms with Crippen LogP contribution in [-0.4, -0.2) is 24.4 Å². The maximum absolute atomic E-state index is 12.4. The predicted octanol–water partition coefficient (Wildman–Crippen LogP) is 4.98. The number of carbonyl (C=O) groups excluding carboxylic acids is 1. The molecule has 0 aliphatic heterocycles. The first kappa shape index (κ1) is 19.2. The van der Waals surface area contributed by atoms with Crippen LogP contribution >= 0.6 is 11.8 Å². The molecule has 0 spiro atoms. The lowest BCUT2D eigenvalue weighted by Crippen LogP contribution is -2.20. The van der Waals surface area contributed by atoms with E-state index in [1.807, 2.05) is 32.0 Å². The zero-order valence-corrected chi connectivity index (χ0v) is 14.6. The zero-order chi connectivity index (χ0) is 18.4. The summed E-state index contributed by atoms with van der Waals surface area (Å²) in [6, 6.07) is 12.0. The van der Waals surface area contributed by atoms with Gasteiger partial charge in [-0.05, 0) is 49.2 Å². The van der Waals surface area contributed by atoms with Crippen molar-refractivity contribution in [1.82, 2.24) is 0 Å². The second-order valence-corrected chi connectivity index (χ2v) is 6.58. The van der Waals surface area contributed by atoms with Crippen molar-refractivity contribution in [3.8, 4) is 5.75 Å². The minimum Gasteiger partial charge on any atom is -0.484 e. The summed E-state index contributed by atoms with van der Waals surface area (Å²) < 4.78 is 42.6. The lowest BCUT2D eigenvalue weighted by atomic mass is 10.1. The molecule has 0 fully saturated rings. The third-order valence-electron chi connectivity index (χ3n) is 3.12. The van der Waals surface area contributed by atoms with E-state index in [-0.39, 0.29) is 6.61 Å². The van der Waals surface area contributed by atoms with Gasteiger partial charge in [-0.2, -0.15) is 13.2 Å². The van der Waals surface area contributed by atoms with Crippen molar-refractivity contribution in [2.24, 2.45) is 0 Å². The Labute approximate surface area is 148 Å². The lowest BCUT2D eigenvalue weighted by molar-refractivity contribution is -0.118. The number of hydrogen-bond donors (Lipinski definition) is 1. The van der Waals surface area contributed by atoms with Gasteiger partial charge in [0, 0.05) is 4.90 Å². The van der Waals surface area contributed by atoms with E-state index < -0.39 is 17.8 Å². The van der Waals surface area contributed by atoms with E-state index in [0.29, 0.717) is 28.1 Å². The SMILES string of the molecule is Cc1cc(C)cc(OCC(=O)Nc2ccccc2SCC(F)(F)F)c1. The van der Waals surface area contributed by atoms with Crippen molar-refractivity contribution in [3.63, 3.8) is 0 Å². The number of anilines is 1. The van der Waals surface area contributed by atoms with Crippen LogP contribution in [0.1, 0.15) is 11.1 Å². The number of amides is 1. The number of rotatable bonds is 6. The number of para-hydroxylation sites is 1. The number of thioether (sulfide) groups is 1. The highest BCUT2D eigenvalue weighted by molar-refractivity contribution is 7.99. The van der Waals surface area contributed by atoms with Crippen molar-refractivity contribution < 1.29 is 22.7 Å². The first-order chi connectivity index (χ1) is 11.7. The average molecular weight is 369 g/mol. The van der Waals surface area contributed by atoms with Crippen LogP contribution in [0.2, 0.25) is 0 Å². The molecule has 0 aliphatic carbocycles. The molecule has 0 unspecified atom stereocenters. The Kier molecular flexibility index (Phi) is 6.36. The molecule has 3 nitrogen and oxygen atoms in total. The molecule has 134 valence electrons. The number of halogens is 3. The molecular weight excluding hydrogens is 351 g/mol. The van der Waals surface area contributed by atoms with Gasteiger partial charge in [0.25, 0.3) is 5.91 Å². The Bertz CT molecular complexity index is 727. The molecule has 7 heteroatoms. The maximum Gasteiger partial charge on any atom is 0.398 e. The van der Waals surface area contributed by atoms with Crippen LogP contribution in [-0.2, 0) is 4.79 Å². The summed E-state index contributed by atoms with van der Waals surface area (Å²) >= 11 is 0.634. The highest BCUT2D eigenvalue weighted by Crippen LogP contribution is 2.32. The molecular formula is C18H18F3NO2S. The van der Waals surface area contributed by atoms with Crippen molar-refractivity contribution >= 4 is 23.4 Å². The first-order valence-corrected chi connectivity index (χ1v) is 8.51. The third-order valence-corrected chi connectivity index (χ3v) is 4.26. The number of nitrogens with one attached hydrogen (secondary N) is 1. The number of alkyl halides is 3. The van der Waals surface area contributed by atoms with Gasteiger partial charge in [-0.15, -0.1) is 11.8 Å². The summed E-state index contributed by atoms with van der Waals surface area (Å²) in [5, 5.41) is 2.59. The minimum atomic E-state index is -4.27. The summed E-state index contributed by atoms with van der Waals surface area (Å²) in [6.45, 7) is 3.63. The first-order valence-electron chi connectivity index (χ1n) is 7.52. The molecule has 0 saturated carbocycles. The molecule has 0 heterocycles. The van der Waals surface area contributed by atoms with Crippen molar-refractivity contribution in [1.29, 1.82) is 0 Å². The van der Waals surface area contributed by atoms with E-state index >= 15 is 0 Å².